The minimum Gasteiger partial charge on any atom is -0.460 e. The van der Waals surface area contributed by atoms with Crippen molar-refractivity contribution in [2.75, 3.05) is 19.6 Å². The fourth-order valence-electron chi connectivity index (χ4n) is 2.03. The summed E-state index contributed by atoms with van der Waals surface area (Å²) in [5.74, 6) is 0. The van der Waals surface area contributed by atoms with E-state index in [2.05, 4.69) is 21.4 Å². The predicted molar refractivity (Wildman–Crippen MR) is 71.9 cm³/mol. The van der Waals surface area contributed by atoms with E-state index in [-0.39, 0.29) is 6.10 Å². The highest BCUT2D eigenvalue weighted by Gasteiger charge is 2.20. The van der Waals surface area contributed by atoms with Crippen LogP contribution in [0.15, 0.2) is 25.0 Å². The molecule has 1 aromatic rings. The molecule has 0 amide bonds. The number of piperidine rings is 1. The Morgan fingerprint density at radius 3 is 2.67 bits per heavy atom. The number of hydrogen-bond donors (Lipinski definition) is 0. The van der Waals surface area contributed by atoms with Gasteiger partial charge in [0.25, 0.3) is 0 Å². The smallest absolute Gasteiger partial charge is 0.316 e. The Morgan fingerprint density at radius 1 is 1.39 bits per heavy atom. The summed E-state index contributed by atoms with van der Waals surface area (Å²) in [6, 6.07) is 0.420. The summed E-state index contributed by atoms with van der Waals surface area (Å²) in [6.45, 7) is 6.96. The molecule has 5 heteroatoms. The van der Waals surface area contributed by atoms with Crippen molar-refractivity contribution in [1.29, 1.82) is 0 Å². The maximum Gasteiger partial charge on any atom is 0.316 e. The molecular formula is C13H18ClN3O. The number of hydrogen-bond acceptors (Lipinski definition) is 4. The molecule has 1 aliphatic heterocycles. The van der Waals surface area contributed by atoms with Crippen LogP contribution in [-0.4, -0.2) is 40.6 Å². The molecule has 0 aromatic carbocycles. The second-order valence-corrected chi connectivity index (χ2v) is 4.86. The van der Waals surface area contributed by atoms with Crippen LogP contribution in [0.4, 0.5) is 0 Å². The monoisotopic (exact) mass is 267 g/mol. The van der Waals surface area contributed by atoms with E-state index in [1.807, 2.05) is 6.08 Å². The fourth-order valence-corrected chi connectivity index (χ4v) is 2.13. The van der Waals surface area contributed by atoms with Crippen molar-refractivity contribution in [2.45, 2.75) is 25.4 Å². The van der Waals surface area contributed by atoms with Crippen molar-refractivity contribution in [3.63, 3.8) is 0 Å². The second kappa shape index (κ2) is 6.71. The topological polar surface area (TPSA) is 38.2 Å². The third-order valence-electron chi connectivity index (χ3n) is 3.05. The molecule has 1 aliphatic rings. The van der Waals surface area contributed by atoms with E-state index in [1.165, 1.54) is 0 Å². The molecule has 4 nitrogen and oxygen atoms in total. The first kappa shape index (κ1) is 13.3. The van der Waals surface area contributed by atoms with Crippen molar-refractivity contribution in [1.82, 2.24) is 14.9 Å². The minimum atomic E-state index is 0.214. The van der Waals surface area contributed by atoms with Crippen LogP contribution in [0.5, 0.6) is 6.01 Å². The summed E-state index contributed by atoms with van der Waals surface area (Å²) in [4.78, 5) is 10.5. The Hall–Kier alpha value is -1.13. The van der Waals surface area contributed by atoms with Crippen LogP contribution in [0.3, 0.4) is 0 Å². The number of aromatic nitrogens is 2. The highest BCUT2D eigenvalue weighted by Crippen LogP contribution is 2.16. The van der Waals surface area contributed by atoms with Gasteiger partial charge in [-0.15, -0.1) is 6.58 Å². The Kier molecular flexibility index (Phi) is 4.96. The quantitative estimate of drug-likeness (QED) is 0.769. The number of ether oxygens (including phenoxy) is 1. The van der Waals surface area contributed by atoms with Gasteiger partial charge in [0.05, 0.1) is 17.4 Å². The lowest BCUT2D eigenvalue weighted by atomic mass is 10.1. The summed E-state index contributed by atoms with van der Waals surface area (Å²) in [7, 11) is 0. The largest absolute Gasteiger partial charge is 0.460 e. The Morgan fingerprint density at radius 2 is 2.06 bits per heavy atom. The Labute approximate surface area is 113 Å². The predicted octanol–water partition coefficient (Wildman–Crippen LogP) is 2.55. The number of rotatable bonds is 5. The molecule has 0 saturated carbocycles. The summed E-state index contributed by atoms with van der Waals surface area (Å²) < 4.78 is 5.74. The lowest BCUT2D eigenvalue weighted by Gasteiger charge is -2.31. The molecule has 1 saturated heterocycles. The van der Waals surface area contributed by atoms with Crippen LogP contribution in [0.25, 0.3) is 0 Å². The third-order valence-corrected chi connectivity index (χ3v) is 3.25. The fraction of sp³-hybridized carbons (Fsp3) is 0.538. The van der Waals surface area contributed by atoms with Gasteiger partial charge in [-0.05, 0) is 19.3 Å². The van der Waals surface area contributed by atoms with Crippen molar-refractivity contribution in [3.05, 3.63) is 30.1 Å². The van der Waals surface area contributed by atoms with Crippen LogP contribution >= 0.6 is 11.6 Å². The van der Waals surface area contributed by atoms with Gasteiger partial charge in [0.2, 0.25) is 0 Å². The zero-order chi connectivity index (χ0) is 12.8. The minimum absolute atomic E-state index is 0.214. The average molecular weight is 268 g/mol. The molecule has 0 N–H and O–H groups in total. The maximum atomic E-state index is 5.74. The first-order chi connectivity index (χ1) is 8.78. The molecule has 0 aliphatic carbocycles. The Bertz CT molecular complexity index is 374. The summed E-state index contributed by atoms with van der Waals surface area (Å²) in [5.41, 5.74) is 0. The molecule has 2 rings (SSSR count). The molecule has 2 heterocycles. The molecule has 0 atom stereocenters. The summed E-state index contributed by atoms with van der Waals surface area (Å²) >= 11 is 5.73. The molecule has 0 radical (unpaired) electrons. The van der Waals surface area contributed by atoms with E-state index in [0.29, 0.717) is 11.0 Å². The van der Waals surface area contributed by atoms with Crippen LogP contribution < -0.4 is 4.74 Å². The van der Waals surface area contributed by atoms with Gasteiger partial charge < -0.3 is 9.64 Å². The van der Waals surface area contributed by atoms with E-state index in [0.717, 1.165) is 38.9 Å². The molecule has 1 aromatic heterocycles. The van der Waals surface area contributed by atoms with E-state index >= 15 is 0 Å². The van der Waals surface area contributed by atoms with Crippen molar-refractivity contribution in [3.8, 4) is 6.01 Å². The van der Waals surface area contributed by atoms with Crippen LogP contribution in [0.1, 0.15) is 19.3 Å². The molecule has 18 heavy (non-hydrogen) atoms. The van der Waals surface area contributed by atoms with Crippen molar-refractivity contribution < 1.29 is 4.74 Å². The third kappa shape index (κ3) is 3.96. The number of nitrogens with zero attached hydrogens (tertiary/aromatic N) is 3. The molecular weight excluding hydrogens is 250 g/mol. The lowest BCUT2D eigenvalue weighted by molar-refractivity contribution is 0.0937. The van der Waals surface area contributed by atoms with Gasteiger partial charge in [0.1, 0.15) is 6.10 Å². The van der Waals surface area contributed by atoms with Gasteiger partial charge in [-0.1, -0.05) is 17.7 Å². The van der Waals surface area contributed by atoms with Gasteiger partial charge in [0.15, 0.2) is 0 Å². The average Bonchev–Trinajstić information content (AvgIpc) is 2.41. The molecule has 0 bridgehead atoms. The van der Waals surface area contributed by atoms with Crippen molar-refractivity contribution in [2.24, 2.45) is 0 Å². The SMILES string of the molecule is C=CCCN1CCC(Oc2ncc(Cl)cn2)CC1. The van der Waals surface area contributed by atoms with Crippen molar-refractivity contribution >= 4 is 11.6 Å². The normalized spacial score (nSPS) is 17.6. The second-order valence-electron chi connectivity index (χ2n) is 4.42. The standard InChI is InChI=1S/C13H18ClN3O/c1-2-3-6-17-7-4-12(5-8-17)18-13-15-9-11(14)10-16-13/h2,9-10,12H,1,3-8H2. The highest BCUT2D eigenvalue weighted by molar-refractivity contribution is 6.30. The summed E-state index contributed by atoms with van der Waals surface area (Å²) in [5, 5.41) is 0.529. The highest BCUT2D eigenvalue weighted by atomic mass is 35.5. The first-order valence-corrected chi connectivity index (χ1v) is 6.63. The number of likely N-dealkylation sites (tertiary alicyclic amines) is 1. The number of halogens is 1. The van der Waals surface area contributed by atoms with Crippen LogP contribution in [0.2, 0.25) is 5.02 Å². The molecule has 98 valence electrons. The van der Waals surface area contributed by atoms with Gasteiger partial charge in [-0.3, -0.25) is 0 Å². The molecule has 1 fully saturated rings. The van der Waals surface area contributed by atoms with E-state index in [9.17, 15) is 0 Å². The van der Waals surface area contributed by atoms with Gasteiger partial charge in [-0.25, -0.2) is 9.97 Å². The first-order valence-electron chi connectivity index (χ1n) is 6.25. The zero-order valence-corrected chi connectivity index (χ0v) is 11.1. The van der Waals surface area contributed by atoms with Crippen LogP contribution in [0, 0.1) is 0 Å². The maximum absolute atomic E-state index is 5.74. The van der Waals surface area contributed by atoms with E-state index < -0.39 is 0 Å². The van der Waals surface area contributed by atoms with E-state index in [4.69, 9.17) is 16.3 Å². The summed E-state index contributed by atoms with van der Waals surface area (Å²) in [6.07, 6.45) is 8.38. The zero-order valence-electron chi connectivity index (χ0n) is 10.4. The lowest BCUT2D eigenvalue weighted by Crippen LogP contribution is -2.38. The van der Waals surface area contributed by atoms with Gasteiger partial charge >= 0.3 is 6.01 Å². The van der Waals surface area contributed by atoms with Crippen LogP contribution in [-0.2, 0) is 0 Å². The van der Waals surface area contributed by atoms with Gasteiger partial charge in [0, 0.05) is 19.6 Å². The Balaban J connectivity index is 1.76. The van der Waals surface area contributed by atoms with E-state index in [1.54, 1.807) is 12.4 Å². The molecule has 0 unspecified atom stereocenters. The molecule has 0 spiro atoms. The van der Waals surface area contributed by atoms with Gasteiger partial charge in [-0.2, -0.15) is 0 Å².